The molecule has 2 aliphatic heterocycles. The molecule has 18 heavy (non-hydrogen) atoms. The average molecular weight is 248 g/mol. The first-order chi connectivity index (χ1) is 8.75. The Morgan fingerprint density at radius 1 is 1.11 bits per heavy atom. The number of benzene rings is 1. The molecular weight excluding hydrogens is 231 g/mol. The summed E-state index contributed by atoms with van der Waals surface area (Å²) in [5, 5.41) is 10.2. The Bertz CT molecular complexity index is 397. The van der Waals surface area contributed by atoms with Gasteiger partial charge >= 0.3 is 0 Å². The molecule has 2 aliphatic rings. The van der Waals surface area contributed by atoms with Crippen LogP contribution in [0.5, 0.6) is 0 Å². The van der Waals surface area contributed by atoms with E-state index in [4.69, 9.17) is 14.2 Å². The molecule has 0 spiro atoms. The van der Waals surface area contributed by atoms with Crippen LogP contribution in [0.3, 0.4) is 0 Å². The third-order valence-corrected chi connectivity index (χ3v) is 3.62. The lowest BCUT2D eigenvalue weighted by atomic mass is 9.78. The van der Waals surface area contributed by atoms with E-state index in [1.54, 1.807) is 0 Å². The summed E-state index contributed by atoms with van der Waals surface area (Å²) in [5.41, 5.74) is 0.973. The number of fused-ring (bicyclic) bond motifs is 1. The molecule has 96 valence electrons. The summed E-state index contributed by atoms with van der Waals surface area (Å²) in [6.07, 6.45) is -1.35. The third kappa shape index (κ3) is 2.19. The highest BCUT2D eigenvalue weighted by Gasteiger charge is 2.43. The molecule has 0 aliphatic carbocycles. The number of rotatable bonds is 1. The van der Waals surface area contributed by atoms with Crippen LogP contribution in [0.15, 0.2) is 30.3 Å². The van der Waals surface area contributed by atoms with Crippen LogP contribution in [0.25, 0.3) is 0 Å². The monoisotopic (exact) mass is 248 g/mol. The van der Waals surface area contributed by atoms with Crippen LogP contribution >= 0.6 is 0 Å². The van der Waals surface area contributed by atoms with Gasteiger partial charge in [0.25, 0.3) is 0 Å². The van der Waals surface area contributed by atoms with Crippen LogP contribution in [-0.2, 0) is 14.2 Å². The summed E-state index contributed by atoms with van der Waals surface area (Å²) < 4.78 is 17.2. The lowest BCUT2D eigenvalue weighted by Gasteiger charge is -2.44. The molecule has 2 saturated heterocycles. The highest BCUT2D eigenvalue weighted by molar-refractivity contribution is 6.12. The summed E-state index contributed by atoms with van der Waals surface area (Å²) in [5.74, 6) is 0.0979. The SMILES string of the molecule is BC1COC2COC(c3ccccc3)OC2[C@H]1O. The maximum Gasteiger partial charge on any atom is 0.184 e. The van der Waals surface area contributed by atoms with Crippen molar-refractivity contribution in [2.24, 2.45) is 0 Å². The van der Waals surface area contributed by atoms with E-state index < -0.39 is 12.4 Å². The summed E-state index contributed by atoms with van der Waals surface area (Å²) in [4.78, 5) is 0. The van der Waals surface area contributed by atoms with Gasteiger partial charge in [-0.05, 0) is 5.82 Å². The Morgan fingerprint density at radius 2 is 1.89 bits per heavy atom. The number of ether oxygens (including phenoxy) is 3. The first kappa shape index (κ1) is 12.2. The quantitative estimate of drug-likeness (QED) is 0.725. The smallest absolute Gasteiger partial charge is 0.184 e. The molecule has 4 nitrogen and oxygen atoms in total. The molecule has 4 unspecified atom stereocenters. The second kappa shape index (κ2) is 5.01. The first-order valence-corrected chi connectivity index (χ1v) is 6.37. The van der Waals surface area contributed by atoms with Crippen molar-refractivity contribution in [1.82, 2.24) is 0 Å². The molecule has 3 rings (SSSR count). The zero-order chi connectivity index (χ0) is 12.5. The van der Waals surface area contributed by atoms with Gasteiger partial charge in [0.05, 0.1) is 12.7 Å². The zero-order valence-corrected chi connectivity index (χ0v) is 10.4. The average Bonchev–Trinajstić information content (AvgIpc) is 2.44. The van der Waals surface area contributed by atoms with Crippen molar-refractivity contribution in [3.8, 4) is 0 Å². The van der Waals surface area contributed by atoms with Crippen LogP contribution in [0.4, 0.5) is 0 Å². The van der Waals surface area contributed by atoms with Gasteiger partial charge in [0, 0.05) is 12.2 Å². The van der Waals surface area contributed by atoms with E-state index in [0.717, 1.165) is 5.56 Å². The normalized spacial score (nSPS) is 40.2. The summed E-state index contributed by atoms with van der Waals surface area (Å²) in [6, 6.07) is 9.78. The number of aliphatic hydroxyl groups is 1. The fourth-order valence-corrected chi connectivity index (χ4v) is 2.47. The Balaban J connectivity index is 1.75. The van der Waals surface area contributed by atoms with E-state index in [1.165, 1.54) is 0 Å². The van der Waals surface area contributed by atoms with Crippen molar-refractivity contribution in [1.29, 1.82) is 0 Å². The van der Waals surface area contributed by atoms with Gasteiger partial charge in [0.15, 0.2) is 6.29 Å². The van der Waals surface area contributed by atoms with E-state index in [9.17, 15) is 5.11 Å². The Labute approximate surface area is 107 Å². The van der Waals surface area contributed by atoms with Crippen LogP contribution in [-0.4, -0.2) is 44.5 Å². The van der Waals surface area contributed by atoms with Gasteiger partial charge in [-0.3, -0.25) is 0 Å². The second-order valence-electron chi connectivity index (χ2n) is 5.02. The van der Waals surface area contributed by atoms with Crippen molar-refractivity contribution in [2.45, 2.75) is 30.4 Å². The van der Waals surface area contributed by atoms with Crippen molar-refractivity contribution in [3.63, 3.8) is 0 Å². The summed E-state index contributed by atoms with van der Waals surface area (Å²) >= 11 is 0. The second-order valence-corrected chi connectivity index (χ2v) is 5.02. The molecule has 0 saturated carbocycles. The summed E-state index contributed by atoms with van der Waals surface area (Å²) in [7, 11) is 1.97. The zero-order valence-electron chi connectivity index (χ0n) is 10.4. The molecule has 0 amide bonds. The van der Waals surface area contributed by atoms with Gasteiger partial charge in [0.2, 0.25) is 0 Å². The van der Waals surface area contributed by atoms with Crippen molar-refractivity contribution >= 4 is 7.85 Å². The van der Waals surface area contributed by atoms with Crippen molar-refractivity contribution in [3.05, 3.63) is 35.9 Å². The van der Waals surface area contributed by atoms with Gasteiger partial charge in [-0.25, -0.2) is 0 Å². The van der Waals surface area contributed by atoms with E-state index >= 15 is 0 Å². The van der Waals surface area contributed by atoms with Crippen molar-refractivity contribution < 1.29 is 19.3 Å². The molecule has 0 radical (unpaired) electrons. The molecule has 1 aromatic rings. The molecule has 1 aromatic carbocycles. The first-order valence-electron chi connectivity index (χ1n) is 6.37. The van der Waals surface area contributed by atoms with Gasteiger partial charge in [-0.15, -0.1) is 0 Å². The number of hydrogen-bond acceptors (Lipinski definition) is 4. The van der Waals surface area contributed by atoms with Gasteiger partial charge in [-0.1, -0.05) is 30.3 Å². The molecule has 0 aromatic heterocycles. The maximum absolute atomic E-state index is 10.2. The molecule has 2 heterocycles. The van der Waals surface area contributed by atoms with Crippen molar-refractivity contribution in [2.75, 3.05) is 13.2 Å². The fourth-order valence-electron chi connectivity index (χ4n) is 2.47. The molecule has 5 heteroatoms. The highest BCUT2D eigenvalue weighted by atomic mass is 16.7. The Hall–Kier alpha value is -0.875. The standard InChI is InChI=1S/C13H17BO4/c14-9-6-16-10-7-17-13(18-12(10)11(9)15)8-4-2-1-3-5-8/h1-5,9-13,15H,6-7,14H2/t9?,10?,11-,12?,13?/m0/s1. The molecule has 2 fully saturated rings. The predicted octanol–water partition coefficient (Wildman–Crippen LogP) is 0.282. The minimum Gasteiger partial charge on any atom is -0.391 e. The molecular formula is C13H17BO4. The lowest BCUT2D eigenvalue weighted by Crippen LogP contribution is -2.54. The Kier molecular flexibility index (Phi) is 3.39. The van der Waals surface area contributed by atoms with E-state index in [2.05, 4.69) is 0 Å². The van der Waals surface area contributed by atoms with Gasteiger partial charge in [0.1, 0.15) is 20.1 Å². The lowest BCUT2D eigenvalue weighted by molar-refractivity contribution is -0.298. The van der Waals surface area contributed by atoms with Crippen LogP contribution in [0, 0.1) is 0 Å². The topological polar surface area (TPSA) is 47.9 Å². The van der Waals surface area contributed by atoms with Gasteiger partial charge < -0.3 is 19.3 Å². The maximum atomic E-state index is 10.2. The van der Waals surface area contributed by atoms with Crippen LogP contribution in [0.2, 0.25) is 5.82 Å². The Morgan fingerprint density at radius 3 is 2.67 bits per heavy atom. The third-order valence-electron chi connectivity index (χ3n) is 3.62. The largest absolute Gasteiger partial charge is 0.391 e. The fraction of sp³-hybridized carbons (Fsp3) is 0.538. The highest BCUT2D eigenvalue weighted by Crippen LogP contribution is 2.34. The van der Waals surface area contributed by atoms with E-state index in [-0.39, 0.29) is 18.0 Å². The van der Waals surface area contributed by atoms with Crippen LogP contribution < -0.4 is 0 Å². The van der Waals surface area contributed by atoms with E-state index in [0.29, 0.717) is 13.2 Å². The predicted molar refractivity (Wildman–Crippen MR) is 68.0 cm³/mol. The minimum absolute atomic E-state index is 0.0979. The number of hydrogen-bond donors (Lipinski definition) is 1. The molecule has 0 bridgehead atoms. The molecule has 5 atom stereocenters. The number of aliphatic hydroxyl groups excluding tert-OH is 1. The molecule has 1 N–H and O–H groups in total. The summed E-state index contributed by atoms with van der Waals surface area (Å²) in [6.45, 7) is 1.03. The van der Waals surface area contributed by atoms with Gasteiger partial charge in [-0.2, -0.15) is 0 Å². The minimum atomic E-state index is -0.487. The van der Waals surface area contributed by atoms with E-state index in [1.807, 2.05) is 38.2 Å². The van der Waals surface area contributed by atoms with Crippen LogP contribution in [0.1, 0.15) is 11.9 Å².